The highest BCUT2D eigenvalue weighted by molar-refractivity contribution is 9.10. The molecule has 0 unspecified atom stereocenters. The van der Waals surface area contributed by atoms with Gasteiger partial charge in [-0.2, -0.15) is 0 Å². The van der Waals surface area contributed by atoms with Crippen LogP contribution in [0.15, 0.2) is 15.6 Å². The fraction of sp³-hybridized carbons (Fsp3) is 0.667. The van der Waals surface area contributed by atoms with Crippen molar-refractivity contribution in [3.63, 3.8) is 0 Å². The van der Waals surface area contributed by atoms with Crippen molar-refractivity contribution in [1.82, 2.24) is 9.97 Å². The maximum Gasteiger partial charge on any atom is 0.267 e. The quantitative estimate of drug-likeness (QED) is 0.822. The Labute approximate surface area is 111 Å². The molecule has 4 nitrogen and oxygen atoms in total. The van der Waals surface area contributed by atoms with Crippen LogP contribution in [0.3, 0.4) is 0 Å². The van der Waals surface area contributed by atoms with Crippen molar-refractivity contribution in [3.8, 4) is 0 Å². The number of hydrogen-bond donors (Lipinski definition) is 1. The number of hydrogen-bond acceptors (Lipinski definition) is 3. The molecular formula is C12H20BrN3O. The lowest BCUT2D eigenvalue weighted by Gasteiger charge is -2.28. The first-order valence-corrected chi connectivity index (χ1v) is 6.87. The maximum atomic E-state index is 11.5. The minimum absolute atomic E-state index is 0.129. The first kappa shape index (κ1) is 14.2. The normalized spacial score (nSPS) is 10.9. The third-order valence-corrected chi connectivity index (χ3v) is 3.39. The van der Waals surface area contributed by atoms with Crippen molar-refractivity contribution in [2.45, 2.75) is 46.1 Å². The van der Waals surface area contributed by atoms with E-state index in [1.54, 1.807) is 0 Å². The highest BCUT2D eigenvalue weighted by atomic mass is 79.9. The van der Waals surface area contributed by atoms with Gasteiger partial charge in [0.25, 0.3) is 5.56 Å². The number of nitrogens with one attached hydrogen (secondary N) is 1. The molecule has 1 aromatic heterocycles. The first-order chi connectivity index (χ1) is 8.07. The van der Waals surface area contributed by atoms with Crippen LogP contribution in [-0.4, -0.2) is 22.6 Å². The van der Waals surface area contributed by atoms with E-state index < -0.39 is 0 Å². The lowest BCUT2D eigenvalue weighted by Crippen LogP contribution is -2.34. The van der Waals surface area contributed by atoms with E-state index >= 15 is 0 Å². The number of aromatic nitrogens is 2. The van der Waals surface area contributed by atoms with Crippen molar-refractivity contribution in [2.24, 2.45) is 0 Å². The summed E-state index contributed by atoms with van der Waals surface area (Å²) in [6.07, 6.45) is 4.97. The van der Waals surface area contributed by atoms with Crippen LogP contribution in [0.25, 0.3) is 0 Å². The summed E-state index contributed by atoms with van der Waals surface area (Å²) in [6, 6.07) is 0.331. The van der Waals surface area contributed by atoms with Crippen LogP contribution in [0.4, 0.5) is 5.82 Å². The van der Waals surface area contributed by atoms with Gasteiger partial charge in [0.2, 0.25) is 0 Å². The van der Waals surface area contributed by atoms with Crippen molar-refractivity contribution in [1.29, 1.82) is 0 Å². The average molecular weight is 302 g/mol. The standard InChI is InChI=1S/C12H20BrN3O/c1-4-5-6-7-16(9(2)3)11-10(13)12(17)15-8-14-11/h8-9H,4-7H2,1-3H3,(H,14,15,17). The smallest absolute Gasteiger partial charge is 0.267 e. The summed E-state index contributed by atoms with van der Waals surface area (Å²) in [4.78, 5) is 20.5. The van der Waals surface area contributed by atoms with Crippen molar-refractivity contribution >= 4 is 21.7 Å². The fourth-order valence-electron chi connectivity index (χ4n) is 1.71. The zero-order valence-corrected chi connectivity index (χ0v) is 12.2. The summed E-state index contributed by atoms with van der Waals surface area (Å²) in [7, 11) is 0. The Morgan fingerprint density at radius 2 is 2.18 bits per heavy atom. The molecule has 0 saturated carbocycles. The number of nitrogens with zero attached hydrogens (tertiary/aromatic N) is 2. The number of halogens is 1. The third-order valence-electron chi connectivity index (χ3n) is 2.68. The maximum absolute atomic E-state index is 11.5. The van der Waals surface area contributed by atoms with E-state index in [0.29, 0.717) is 10.5 Å². The van der Waals surface area contributed by atoms with Crippen LogP contribution in [0.1, 0.15) is 40.0 Å². The Bertz CT molecular complexity index is 403. The molecule has 0 spiro atoms. The number of H-pyrrole nitrogens is 1. The third kappa shape index (κ3) is 3.84. The molecule has 1 N–H and O–H groups in total. The van der Waals surface area contributed by atoms with Crippen LogP contribution in [0, 0.1) is 0 Å². The summed E-state index contributed by atoms with van der Waals surface area (Å²) in [5, 5.41) is 0. The fourth-order valence-corrected chi connectivity index (χ4v) is 2.16. The monoisotopic (exact) mass is 301 g/mol. The van der Waals surface area contributed by atoms with Gasteiger partial charge in [-0.1, -0.05) is 19.8 Å². The molecule has 1 rings (SSSR count). The van der Waals surface area contributed by atoms with Crippen LogP contribution in [-0.2, 0) is 0 Å². The largest absolute Gasteiger partial charge is 0.353 e. The molecule has 0 aliphatic heterocycles. The van der Waals surface area contributed by atoms with Gasteiger partial charge >= 0.3 is 0 Å². The lowest BCUT2D eigenvalue weighted by atomic mass is 10.2. The number of anilines is 1. The average Bonchev–Trinajstić information content (AvgIpc) is 2.29. The van der Waals surface area contributed by atoms with E-state index in [1.807, 2.05) is 0 Å². The number of unbranched alkanes of at least 4 members (excludes halogenated alkanes) is 2. The van der Waals surface area contributed by atoms with Gasteiger partial charge in [-0.25, -0.2) is 4.98 Å². The van der Waals surface area contributed by atoms with E-state index in [1.165, 1.54) is 19.2 Å². The van der Waals surface area contributed by atoms with Gasteiger partial charge in [-0.15, -0.1) is 0 Å². The summed E-state index contributed by atoms with van der Waals surface area (Å²) in [6.45, 7) is 7.34. The highest BCUT2D eigenvalue weighted by Gasteiger charge is 2.16. The minimum Gasteiger partial charge on any atom is -0.353 e. The van der Waals surface area contributed by atoms with Crippen LogP contribution < -0.4 is 10.5 Å². The Morgan fingerprint density at radius 1 is 1.47 bits per heavy atom. The topological polar surface area (TPSA) is 49.0 Å². The first-order valence-electron chi connectivity index (χ1n) is 6.07. The molecule has 0 aromatic carbocycles. The van der Waals surface area contributed by atoms with E-state index in [4.69, 9.17) is 0 Å². The minimum atomic E-state index is -0.129. The predicted octanol–water partition coefficient (Wildman–Crippen LogP) is 2.94. The zero-order valence-electron chi connectivity index (χ0n) is 10.7. The van der Waals surface area contributed by atoms with Gasteiger partial charge in [0.1, 0.15) is 4.47 Å². The second-order valence-electron chi connectivity index (χ2n) is 4.36. The number of aromatic amines is 1. The Hall–Kier alpha value is -0.840. The molecule has 5 heteroatoms. The van der Waals surface area contributed by atoms with Gasteiger partial charge < -0.3 is 9.88 Å². The molecule has 1 heterocycles. The summed E-state index contributed by atoms with van der Waals surface area (Å²) < 4.78 is 0.519. The molecule has 0 aliphatic carbocycles. The second kappa shape index (κ2) is 6.79. The summed E-state index contributed by atoms with van der Waals surface area (Å²) >= 11 is 3.31. The molecule has 0 atom stereocenters. The van der Waals surface area contributed by atoms with E-state index in [-0.39, 0.29) is 5.56 Å². The van der Waals surface area contributed by atoms with Gasteiger partial charge in [0.05, 0.1) is 6.33 Å². The van der Waals surface area contributed by atoms with Gasteiger partial charge in [0.15, 0.2) is 5.82 Å². The molecule has 0 saturated heterocycles. The lowest BCUT2D eigenvalue weighted by molar-refractivity contribution is 0.617. The van der Waals surface area contributed by atoms with Gasteiger partial charge in [0, 0.05) is 12.6 Å². The van der Waals surface area contributed by atoms with Crippen molar-refractivity contribution in [3.05, 3.63) is 21.2 Å². The molecule has 0 radical (unpaired) electrons. The van der Waals surface area contributed by atoms with Crippen LogP contribution in [0.2, 0.25) is 0 Å². The molecule has 17 heavy (non-hydrogen) atoms. The van der Waals surface area contributed by atoms with Gasteiger partial charge in [-0.3, -0.25) is 4.79 Å². The summed E-state index contributed by atoms with van der Waals surface area (Å²) in [5.74, 6) is 0.736. The van der Waals surface area contributed by atoms with E-state index in [0.717, 1.165) is 18.8 Å². The Kier molecular flexibility index (Phi) is 5.68. The molecular weight excluding hydrogens is 282 g/mol. The van der Waals surface area contributed by atoms with Crippen molar-refractivity contribution in [2.75, 3.05) is 11.4 Å². The van der Waals surface area contributed by atoms with E-state index in [2.05, 4.69) is 51.6 Å². The molecule has 96 valence electrons. The highest BCUT2D eigenvalue weighted by Crippen LogP contribution is 2.21. The van der Waals surface area contributed by atoms with Crippen molar-refractivity contribution < 1.29 is 0 Å². The second-order valence-corrected chi connectivity index (χ2v) is 5.16. The molecule has 0 amide bonds. The SMILES string of the molecule is CCCCCN(c1nc[nH]c(=O)c1Br)C(C)C. The summed E-state index contributed by atoms with van der Waals surface area (Å²) in [5.41, 5.74) is -0.129. The zero-order chi connectivity index (χ0) is 12.8. The van der Waals surface area contributed by atoms with Gasteiger partial charge in [-0.05, 0) is 36.2 Å². The Morgan fingerprint density at radius 3 is 2.76 bits per heavy atom. The molecule has 0 bridgehead atoms. The van der Waals surface area contributed by atoms with Crippen LogP contribution in [0.5, 0.6) is 0 Å². The van der Waals surface area contributed by atoms with E-state index in [9.17, 15) is 4.79 Å². The molecule has 0 aliphatic rings. The molecule has 0 fully saturated rings. The van der Waals surface area contributed by atoms with Crippen LogP contribution >= 0.6 is 15.9 Å². The predicted molar refractivity (Wildman–Crippen MR) is 74.6 cm³/mol. The Balaban J connectivity index is 2.90. The molecule has 1 aromatic rings. The number of rotatable bonds is 6.